The molecule has 0 spiro atoms. The van der Waals surface area contributed by atoms with Crippen molar-refractivity contribution < 1.29 is 63.0 Å². The van der Waals surface area contributed by atoms with E-state index in [2.05, 4.69) is 72.8 Å². The van der Waals surface area contributed by atoms with Gasteiger partial charge in [0.25, 0.3) is 0 Å². The monoisotopic (exact) mass is 1420 g/mol. The van der Waals surface area contributed by atoms with Gasteiger partial charge in [-0.25, -0.2) is 0 Å². The first-order valence-electron chi connectivity index (χ1n) is 33.6. The van der Waals surface area contributed by atoms with Crippen LogP contribution >= 0.6 is 0 Å². The number of unbranched alkanes of at least 4 members (excludes halogenated alkanes) is 2. The van der Waals surface area contributed by atoms with Crippen molar-refractivity contribution >= 4 is 94.8 Å². The molecule has 100 heavy (non-hydrogen) atoms. The molecule has 0 aliphatic carbocycles. The number of nitrogens with one attached hydrogen (secondary N) is 9. The highest BCUT2D eigenvalue weighted by atomic mass is 16.4. The highest BCUT2D eigenvalue weighted by molar-refractivity contribution is 5.99. The van der Waals surface area contributed by atoms with E-state index in [9.17, 15) is 63.0 Å². The lowest BCUT2D eigenvalue weighted by atomic mass is 9.96. The van der Waals surface area contributed by atoms with Crippen molar-refractivity contribution in [1.82, 2.24) is 52.8 Å². The molecule has 0 aromatic heterocycles. The van der Waals surface area contributed by atoms with Crippen LogP contribution < -0.4 is 122 Å². The van der Waals surface area contributed by atoms with Crippen LogP contribution in [0, 0.1) is 5.92 Å². The molecule has 41 nitrogen and oxygen atoms in total. The summed E-state index contributed by atoms with van der Waals surface area (Å²) in [6, 6.07) is -13.7. The van der Waals surface area contributed by atoms with Gasteiger partial charge in [0.15, 0.2) is 29.8 Å². The third kappa shape index (κ3) is 36.3. The molecular formula is C59H114N28O13. The van der Waals surface area contributed by atoms with Gasteiger partial charge in [-0.05, 0) is 142 Å². The Morgan fingerprint density at radius 3 is 1.04 bits per heavy atom. The molecule has 37 N–H and O–H groups in total. The van der Waals surface area contributed by atoms with Crippen LogP contribution in [0.2, 0.25) is 0 Å². The van der Waals surface area contributed by atoms with Gasteiger partial charge in [-0.2, -0.15) is 0 Å². The van der Waals surface area contributed by atoms with Crippen molar-refractivity contribution in [2.24, 2.45) is 105 Å². The SMILES string of the molecule is CC[C@H](C)[C@H](NC(=O)[C@H](CCCN=C(N)N)NC(=O)[C@@H]1CCCN1C(=O)[C@@H](N)[C@@H](C)O)C(=O)N[C@@H](CCCN=C(N)N)C(=O)N[C@@H](CCCN=C(N)N)C(=O)N[C@@H](CCCN=C(N)N)C(=O)N[C@@H](CCCCN)C(=O)N[C@@H](CCCCN)C(=O)N[C@@H](CCCN=C(N)N)C(=O)NCC(=O)O. The number of aliphatic hydroxyl groups is 1. The minimum atomic E-state index is -1.52. The number of aliphatic carboxylic acids is 1. The fraction of sp³-hybridized carbons (Fsp3) is 0.729. The Morgan fingerprint density at radius 2 is 0.740 bits per heavy atom. The fourth-order valence-electron chi connectivity index (χ4n) is 10.2. The van der Waals surface area contributed by atoms with Crippen molar-refractivity contribution in [2.45, 2.75) is 209 Å². The summed E-state index contributed by atoms with van der Waals surface area (Å²) in [5.74, 6) is -11.7. The Morgan fingerprint density at radius 1 is 0.440 bits per heavy atom. The lowest BCUT2D eigenvalue weighted by Gasteiger charge is -2.31. The molecule has 1 rings (SSSR count). The van der Waals surface area contributed by atoms with E-state index in [1.54, 1.807) is 13.8 Å². The van der Waals surface area contributed by atoms with Crippen molar-refractivity contribution in [3.05, 3.63) is 0 Å². The molecule has 0 bridgehead atoms. The van der Waals surface area contributed by atoms with E-state index in [0.29, 0.717) is 32.1 Å². The predicted octanol–water partition coefficient (Wildman–Crippen LogP) is -9.66. The van der Waals surface area contributed by atoms with Crippen LogP contribution in [-0.4, -0.2) is 235 Å². The number of aliphatic imine (C=N–C) groups is 5. The van der Waals surface area contributed by atoms with Gasteiger partial charge in [0.05, 0.1) is 6.10 Å². The fourth-order valence-corrected chi connectivity index (χ4v) is 10.2. The number of hydrogen-bond acceptors (Lipinski definition) is 20. The van der Waals surface area contributed by atoms with E-state index in [0.717, 1.165) is 0 Å². The quantitative estimate of drug-likeness (QED) is 0.0153. The van der Waals surface area contributed by atoms with Gasteiger partial charge in [-0.15, -0.1) is 0 Å². The molecule has 12 atom stereocenters. The molecule has 10 amide bonds. The number of nitrogens with two attached hydrogens (primary N) is 13. The van der Waals surface area contributed by atoms with Gasteiger partial charge in [0.1, 0.15) is 67.0 Å². The molecule has 1 aliphatic heterocycles. The molecular weight excluding hydrogens is 1310 g/mol. The van der Waals surface area contributed by atoms with E-state index >= 15 is 0 Å². The molecule has 0 aromatic carbocycles. The predicted molar refractivity (Wildman–Crippen MR) is 375 cm³/mol. The van der Waals surface area contributed by atoms with Crippen LogP contribution in [-0.2, 0) is 52.7 Å². The maximum Gasteiger partial charge on any atom is 0.322 e. The van der Waals surface area contributed by atoms with Crippen LogP contribution in [0.1, 0.15) is 143 Å². The van der Waals surface area contributed by atoms with Crippen molar-refractivity contribution in [1.29, 1.82) is 0 Å². The number of hydrogen-bond donors (Lipinski definition) is 24. The first kappa shape index (κ1) is 88.4. The zero-order chi connectivity index (χ0) is 75.4. The third-order valence-electron chi connectivity index (χ3n) is 15.9. The first-order chi connectivity index (χ1) is 47.3. The van der Waals surface area contributed by atoms with Gasteiger partial charge in [-0.1, -0.05) is 20.3 Å². The molecule has 0 unspecified atom stereocenters. The normalized spacial score (nSPS) is 15.8. The molecule has 0 aromatic rings. The van der Waals surface area contributed by atoms with Crippen molar-refractivity contribution in [3.8, 4) is 0 Å². The average Bonchev–Trinajstić information content (AvgIpc) is 1.61. The number of nitrogens with zero attached hydrogens (tertiary/aromatic N) is 6. The maximum atomic E-state index is 14.8. The second-order valence-corrected chi connectivity index (χ2v) is 24.2. The highest BCUT2D eigenvalue weighted by Gasteiger charge is 2.40. The van der Waals surface area contributed by atoms with Gasteiger partial charge in [0, 0.05) is 39.3 Å². The number of aliphatic hydroxyl groups excluding tert-OH is 1. The van der Waals surface area contributed by atoms with E-state index < -0.39 is 144 Å². The summed E-state index contributed by atoms with van der Waals surface area (Å²) in [6.07, 6.45) is 0.840. The Kier molecular flexibility index (Phi) is 43.3. The molecule has 568 valence electrons. The molecule has 41 heteroatoms. The number of carbonyl (C=O) groups is 11. The smallest absolute Gasteiger partial charge is 0.322 e. The van der Waals surface area contributed by atoms with Crippen LogP contribution in [0.3, 0.4) is 0 Å². The van der Waals surface area contributed by atoms with E-state index in [4.69, 9.17) is 74.5 Å². The second-order valence-electron chi connectivity index (χ2n) is 24.2. The lowest BCUT2D eigenvalue weighted by Crippen LogP contribution is -2.61. The number of carboxylic acids is 1. The summed E-state index contributed by atoms with van der Waals surface area (Å²) in [4.78, 5) is 175. The molecule has 0 saturated carbocycles. The van der Waals surface area contributed by atoms with Crippen molar-refractivity contribution in [2.75, 3.05) is 58.9 Å². The first-order valence-corrected chi connectivity index (χ1v) is 33.6. The van der Waals surface area contributed by atoms with Crippen LogP contribution in [0.5, 0.6) is 0 Å². The number of rotatable bonds is 51. The van der Waals surface area contributed by atoms with Gasteiger partial charge < -0.3 is 138 Å². The summed E-state index contributed by atoms with van der Waals surface area (Å²) >= 11 is 0. The lowest BCUT2D eigenvalue weighted by molar-refractivity contribution is -0.142. The summed E-state index contributed by atoms with van der Waals surface area (Å²) in [5.41, 5.74) is 73.2. The summed E-state index contributed by atoms with van der Waals surface area (Å²) < 4.78 is 0. The van der Waals surface area contributed by atoms with E-state index in [-0.39, 0.29) is 172 Å². The third-order valence-corrected chi connectivity index (χ3v) is 15.9. The van der Waals surface area contributed by atoms with E-state index in [1.165, 1.54) is 11.8 Å². The number of carbonyl (C=O) groups excluding carboxylic acids is 10. The molecule has 1 heterocycles. The second kappa shape index (κ2) is 49.0. The zero-order valence-corrected chi connectivity index (χ0v) is 57.8. The topological polar surface area (TPSA) is 740 Å². The standard InChI is InChI=1S/C59H114N28O13/c1-4-32(2)44(86-51(97)40(21-13-29-77-59(71)72)84-52(98)41-22-14-30-87(41)54(100)43(62)33(3)88)53(99)85-39(20-12-28-76-58(69)70)50(96)83-38(19-11-27-75-57(67)68)49(95)82-37(18-10-26-74-56(65)66)48(94)81-36(16-6-8-24-61)47(93)80-35(15-5-7-23-60)46(92)79-34(17-9-25-73-55(63)64)45(91)78-31-42(89)90/h32-41,43-44,88H,4-31,60-62H2,1-3H3,(H,78,91)(H,79,92)(H,80,93)(H,81,94)(H,82,95)(H,83,96)(H,84,98)(H,85,99)(H,86,97)(H,89,90)(H4,63,64,73)(H4,65,66,74)(H4,67,68,75)(H4,69,70,76)(H4,71,72,77)/t32-,33+,34-,35-,36-,37-,38-,39-,40-,41-,43-,44-/m0/s1. The molecule has 0 radical (unpaired) electrons. The largest absolute Gasteiger partial charge is 0.480 e. The molecule has 1 saturated heterocycles. The van der Waals surface area contributed by atoms with Gasteiger partial charge in [0.2, 0.25) is 59.1 Å². The van der Waals surface area contributed by atoms with Gasteiger partial charge in [-0.3, -0.25) is 77.7 Å². The Balaban J connectivity index is 3.90. The average molecular weight is 1420 g/mol. The number of amides is 10. The minimum Gasteiger partial charge on any atom is -0.480 e. The Hall–Kier alpha value is -9.64. The van der Waals surface area contributed by atoms with Crippen molar-refractivity contribution in [3.63, 3.8) is 0 Å². The summed E-state index contributed by atoms with van der Waals surface area (Å²) in [6.45, 7) is 4.50. The number of likely N-dealkylation sites (tertiary alicyclic amines) is 1. The van der Waals surface area contributed by atoms with Crippen LogP contribution in [0.4, 0.5) is 0 Å². The number of carboxylic acid groups (broad SMARTS) is 1. The molecule has 1 aliphatic rings. The van der Waals surface area contributed by atoms with Gasteiger partial charge >= 0.3 is 5.97 Å². The summed E-state index contributed by atoms with van der Waals surface area (Å²) in [5, 5.41) is 43.0. The maximum absolute atomic E-state index is 14.8. The Labute approximate surface area is 582 Å². The van der Waals surface area contributed by atoms with Crippen LogP contribution in [0.25, 0.3) is 0 Å². The Bertz CT molecular complexity index is 2770. The summed E-state index contributed by atoms with van der Waals surface area (Å²) in [7, 11) is 0. The minimum absolute atomic E-state index is 0.00813. The van der Waals surface area contributed by atoms with Crippen LogP contribution in [0.15, 0.2) is 25.0 Å². The highest BCUT2D eigenvalue weighted by Crippen LogP contribution is 2.20. The molecule has 1 fully saturated rings. The number of guanidine groups is 5. The zero-order valence-electron chi connectivity index (χ0n) is 57.8. The van der Waals surface area contributed by atoms with E-state index in [1.807, 2.05) is 0 Å².